The van der Waals surface area contributed by atoms with E-state index in [1.54, 1.807) is 32.0 Å². The predicted octanol–water partition coefficient (Wildman–Crippen LogP) is 0.902. The topological polar surface area (TPSA) is 245 Å². The van der Waals surface area contributed by atoms with Crippen molar-refractivity contribution in [2.75, 3.05) is 7.11 Å². The Kier molecular flexibility index (Phi) is 8.43. The third-order valence-electron chi connectivity index (χ3n) is 9.52. The molecule has 10 unspecified atom stereocenters. The fourth-order valence-corrected chi connectivity index (χ4v) is 6.96. The second-order valence-corrected chi connectivity index (χ2v) is 12.5. The minimum atomic E-state index is -1.99. The molecule has 0 saturated carbocycles. The summed E-state index contributed by atoms with van der Waals surface area (Å²) < 4.78 is 41.2. The molecule has 15 heteroatoms. The Morgan fingerprint density at radius 3 is 2.29 bits per heavy atom. The number of ether oxygens (including phenoxy) is 5. The number of fused-ring (bicyclic) bond motifs is 2. The van der Waals surface area contributed by atoms with E-state index < -0.39 is 77.8 Å². The molecule has 2 saturated heterocycles. The van der Waals surface area contributed by atoms with Crippen molar-refractivity contribution in [2.24, 2.45) is 5.73 Å². The van der Waals surface area contributed by atoms with Gasteiger partial charge in [0.25, 0.3) is 0 Å². The fourth-order valence-electron chi connectivity index (χ4n) is 6.96. The van der Waals surface area contributed by atoms with Crippen molar-refractivity contribution in [2.45, 2.75) is 88.5 Å². The van der Waals surface area contributed by atoms with E-state index in [2.05, 4.69) is 0 Å². The second-order valence-electron chi connectivity index (χ2n) is 12.5. The lowest BCUT2D eigenvalue weighted by Gasteiger charge is -2.50. The Balaban J connectivity index is 0.00000401. The van der Waals surface area contributed by atoms with Gasteiger partial charge >= 0.3 is 11.3 Å². The number of rotatable bonds is 5. The maximum absolute atomic E-state index is 13.4. The summed E-state index contributed by atoms with van der Waals surface area (Å²) in [6, 6.07) is 6.77. The van der Waals surface area contributed by atoms with Crippen LogP contribution in [0.4, 0.5) is 0 Å². The molecule has 2 aromatic heterocycles. The molecule has 0 aliphatic carbocycles. The fraction of sp³-hybridized carbons (Fsp3) is 0.455. The highest BCUT2D eigenvalue weighted by molar-refractivity contribution is 6.28. The van der Waals surface area contributed by atoms with Crippen molar-refractivity contribution in [3.05, 3.63) is 56.7 Å². The molecule has 2 aliphatic rings. The van der Waals surface area contributed by atoms with Crippen LogP contribution < -0.4 is 21.7 Å². The number of phenolic OH excluding ortho intramolecular Hbond substituents is 1. The molecule has 2 aliphatic heterocycles. The molecule has 0 radical (unpaired) electrons. The standard InChI is InChI=1S/C33H35NO13.H2O/c1-11-9-10-16-19-17(11)29(38)46-25-18-14(24(36)21(20(19)25)30(39)44-16)7-6-8-15(18)45-32-28(33(4,40)27(37)13(3)43-32)47-31-22(34)26(41-5)23(35)12(2)42-31;/h6-10,12-13,22-23,26-28,31-32,35-37,40H,34H2,1-5H3;1H2. The predicted molar refractivity (Wildman–Crippen MR) is 170 cm³/mol. The zero-order valence-corrected chi connectivity index (χ0v) is 26.6. The maximum Gasteiger partial charge on any atom is 0.348 e. The minimum Gasteiger partial charge on any atom is -0.506 e. The largest absolute Gasteiger partial charge is 0.506 e. The minimum absolute atomic E-state index is 0. The number of phenols is 1. The van der Waals surface area contributed by atoms with Gasteiger partial charge in [-0.05, 0) is 45.4 Å². The van der Waals surface area contributed by atoms with Crippen LogP contribution in [0.3, 0.4) is 0 Å². The normalized spacial score (nSPS) is 32.6. The molecule has 8 N–H and O–H groups in total. The number of hydrogen-bond donors (Lipinski definition) is 5. The number of aliphatic hydroxyl groups excluding tert-OH is 2. The van der Waals surface area contributed by atoms with Gasteiger partial charge in [0.05, 0.1) is 29.0 Å². The molecule has 0 amide bonds. The van der Waals surface area contributed by atoms with Crippen LogP contribution in [0.1, 0.15) is 26.3 Å². The molecule has 0 spiro atoms. The van der Waals surface area contributed by atoms with Gasteiger partial charge in [0.2, 0.25) is 6.29 Å². The summed E-state index contributed by atoms with van der Waals surface area (Å²) >= 11 is 0. The number of nitrogens with two attached hydrogens (primary N) is 1. The molecule has 0 bridgehead atoms. The molecule has 4 heterocycles. The van der Waals surface area contributed by atoms with Crippen LogP contribution in [-0.2, 0) is 18.9 Å². The third kappa shape index (κ3) is 4.85. The highest BCUT2D eigenvalue weighted by Gasteiger charge is 2.56. The SMILES string of the molecule is COC1C(N)C(OC2C(Oc3cccc4c(O)c5c(=O)oc6ccc(C)c7c(=O)oc(c34)c5c67)OC(C)C(O)C2(C)O)OC(C)C1O.O. The van der Waals surface area contributed by atoms with Gasteiger partial charge in [-0.2, -0.15) is 0 Å². The van der Waals surface area contributed by atoms with Crippen molar-refractivity contribution >= 4 is 43.5 Å². The van der Waals surface area contributed by atoms with Gasteiger partial charge in [-0.1, -0.05) is 18.2 Å². The molecule has 10 atom stereocenters. The zero-order valence-electron chi connectivity index (χ0n) is 26.6. The lowest BCUT2D eigenvalue weighted by molar-refractivity contribution is -0.356. The molecule has 3 aromatic carbocycles. The first-order valence-corrected chi connectivity index (χ1v) is 15.2. The number of hydrogen-bond acceptors (Lipinski definition) is 14. The van der Waals surface area contributed by atoms with E-state index in [9.17, 15) is 30.0 Å². The van der Waals surface area contributed by atoms with E-state index in [0.717, 1.165) is 0 Å². The van der Waals surface area contributed by atoms with E-state index >= 15 is 0 Å². The first kappa shape index (κ1) is 34.0. The number of benzene rings is 3. The van der Waals surface area contributed by atoms with Gasteiger partial charge in [-0.15, -0.1) is 0 Å². The summed E-state index contributed by atoms with van der Waals surface area (Å²) in [5.41, 5.74) is 3.52. The Morgan fingerprint density at radius 2 is 1.58 bits per heavy atom. The number of aliphatic hydroxyl groups is 3. The van der Waals surface area contributed by atoms with E-state index in [0.29, 0.717) is 10.9 Å². The quantitative estimate of drug-likeness (QED) is 0.0990. The van der Waals surface area contributed by atoms with Gasteiger partial charge in [-0.3, -0.25) is 0 Å². The maximum atomic E-state index is 13.4. The van der Waals surface area contributed by atoms with Crippen LogP contribution in [0.15, 0.2) is 48.8 Å². The van der Waals surface area contributed by atoms with Crippen molar-refractivity contribution in [3.63, 3.8) is 0 Å². The van der Waals surface area contributed by atoms with Crippen LogP contribution in [0.5, 0.6) is 11.5 Å². The molecular weight excluding hydrogens is 634 g/mol. The van der Waals surface area contributed by atoms with Gasteiger partial charge in [0.1, 0.15) is 46.4 Å². The van der Waals surface area contributed by atoms with Gasteiger partial charge in [0.15, 0.2) is 18.0 Å². The van der Waals surface area contributed by atoms with Crippen molar-refractivity contribution < 1.29 is 58.4 Å². The van der Waals surface area contributed by atoms with Gasteiger partial charge in [-0.25, -0.2) is 9.59 Å². The lowest BCUT2D eigenvalue weighted by Crippen LogP contribution is -2.69. The van der Waals surface area contributed by atoms with E-state index in [4.69, 9.17) is 38.3 Å². The molecule has 5 aromatic rings. The number of aromatic hydroxyl groups is 1. The molecule has 7 rings (SSSR count). The summed E-state index contributed by atoms with van der Waals surface area (Å²) in [5, 5.41) is 45.3. The summed E-state index contributed by atoms with van der Waals surface area (Å²) in [7, 11) is 1.39. The number of methoxy groups -OCH3 is 1. The third-order valence-corrected chi connectivity index (χ3v) is 9.52. The first-order chi connectivity index (χ1) is 22.3. The average molecular weight is 672 g/mol. The molecule has 15 nitrogen and oxygen atoms in total. The second kappa shape index (κ2) is 11.9. The summed E-state index contributed by atoms with van der Waals surface area (Å²) in [4.78, 5) is 26.6. The first-order valence-electron chi connectivity index (χ1n) is 15.2. The summed E-state index contributed by atoms with van der Waals surface area (Å²) in [6.45, 7) is 6.21. The highest BCUT2D eigenvalue weighted by Crippen LogP contribution is 2.46. The summed E-state index contributed by atoms with van der Waals surface area (Å²) in [6.07, 6.45) is -9.22. The van der Waals surface area contributed by atoms with E-state index in [1.807, 2.05) is 0 Å². The molecule has 48 heavy (non-hydrogen) atoms. The van der Waals surface area contributed by atoms with Crippen LogP contribution in [-0.4, -0.2) is 93.9 Å². The molecular formula is C33H37NO14. The van der Waals surface area contributed by atoms with E-state index in [1.165, 1.54) is 33.1 Å². The highest BCUT2D eigenvalue weighted by atomic mass is 16.7. The molecule has 258 valence electrons. The van der Waals surface area contributed by atoms with Crippen molar-refractivity contribution in [1.29, 1.82) is 0 Å². The van der Waals surface area contributed by atoms with Gasteiger partial charge < -0.3 is 64.2 Å². The van der Waals surface area contributed by atoms with Crippen LogP contribution in [0, 0.1) is 6.92 Å². The zero-order chi connectivity index (χ0) is 33.7. The number of aryl methyl sites for hydroxylation is 1. The Labute approximate surface area is 271 Å². The van der Waals surface area contributed by atoms with Crippen molar-refractivity contribution in [1.82, 2.24) is 0 Å². The monoisotopic (exact) mass is 671 g/mol. The molecule has 2 fully saturated rings. The average Bonchev–Trinajstić information content (AvgIpc) is 3.02. The smallest absolute Gasteiger partial charge is 0.348 e. The summed E-state index contributed by atoms with van der Waals surface area (Å²) in [5.74, 6) is -0.386. The van der Waals surface area contributed by atoms with Crippen LogP contribution in [0.2, 0.25) is 0 Å². The van der Waals surface area contributed by atoms with Gasteiger partial charge in [0, 0.05) is 23.3 Å². The van der Waals surface area contributed by atoms with Crippen LogP contribution in [0.25, 0.3) is 43.5 Å². The van der Waals surface area contributed by atoms with Crippen molar-refractivity contribution in [3.8, 4) is 11.5 Å². The lowest BCUT2D eigenvalue weighted by atomic mass is 9.86. The van der Waals surface area contributed by atoms with Crippen LogP contribution >= 0.6 is 0 Å². The van der Waals surface area contributed by atoms with E-state index in [-0.39, 0.29) is 49.3 Å². The Morgan fingerprint density at radius 1 is 0.896 bits per heavy atom. The Hall–Kier alpha value is -3.90. The Bertz CT molecular complexity index is 2120.